The molecule has 11 heteroatoms. The Hall–Kier alpha value is -3.63. The van der Waals surface area contributed by atoms with Gasteiger partial charge in [0.15, 0.2) is 0 Å². The third-order valence-corrected chi connectivity index (χ3v) is 4.18. The molecule has 1 amide bonds. The van der Waals surface area contributed by atoms with Gasteiger partial charge in [0.2, 0.25) is 5.95 Å². The van der Waals surface area contributed by atoms with E-state index in [1.807, 2.05) is 4.90 Å². The van der Waals surface area contributed by atoms with E-state index in [-0.39, 0.29) is 11.6 Å². The van der Waals surface area contributed by atoms with Gasteiger partial charge in [-0.1, -0.05) is 0 Å². The molecule has 2 aromatic rings. The van der Waals surface area contributed by atoms with Crippen LogP contribution in [-0.4, -0.2) is 44.9 Å². The third kappa shape index (κ3) is 4.32. The summed E-state index contributed by atoms with van der Waals surface area (Å²) < 4.78 is 0. The van der Waals surface area contributed by atoms with Crippen LogP contribution < -0.4 is 10.2 Å². The highest BCUT2D eigenvalue weighted by molar-refractivity contribution is 5.95. The first-order chi connectivity index (χ1) is 12.9. The van der Waals surface area contributed by atoms with E-state index in [9.17, 15) is 25.0 Å². The lowest BCUT2D eigenvalue weighted by Crippen LogP contribution is -2.48. The Bertz CT molecular complexity index is 843. The van der Waals surface area contributed by atoms with E-state index >= 15 is 0 Å². The van der Waals surface area contributed by atoms with Crippen LogP contribution in [0.5, 0.6) is 0 Å². The molecule has 0 aliphatic carbocycles. The Morgan fingerprint density at radius 2 is 1.74 bits per heavy atom. The lowest BCUT2D eigenvalue weighted by Gasteiger charge is -2.33. The largest absolute Gasteiger partial charge is 0.348 e. The zero-order valence-corrected chi connectivity index (χ0v) is 14.1. The molecule has 1 aliphatic heterocycles. The van der Waals surface area contributed by atoms with Crippen LogP contribution in [0.4, 0.5) is 17.3 Å². The van der Waals surface area contributed by atoms with E-state index in [1.165, 1.54) is 0 Å². The maximum Gasteiger partial charge on any atom is 0.277 e. The highest BCUT2D eigenvalue weighted by Gasteiger charge is 2.25. The summed E-state index contributed by atoms with van der Waals surface area (Å²) in [6.45, 7) is 1.23. The Balaban J connectivity index is 1.75. The fourth-order valence-corrected chi connectivity index (χ4v) is 2.94. The van der Waals surface area contributed by atoms with Crippen molar-refractivity contribution in [2.24, 2.45) is 0 Å². The first kappa shape index (κ1) is 18.2. The monoisotopic (exact) mass is 372 g/mol. The van der Waals surface area contributed by atoms with Gasteiger partial charge in [0.05, 0.1) is 21.5 Å². The van der Waals surface area contributed by atoms with E-state index in [0.29, 0.717) is 18.9 Å². The average Bonchev–Trinajstić information content (AvgIpc) is 2.68. The van der Waals surface area contributed by atoms with Crippen molar-refractivity contribution in [1.29, 1.82) is 0 Å². The third-order valence-electron chi connectivity index (χ3n) is 4.18. The number of aromatic nitrogens is 2. The predicted molar refractivity (Wildman–Crippen MR) is 94.5 cm³/mol. The fourth-order valence-electron chi connectivity index (χ4n) is 2.94. The first-order valence-corrected chi connectivity index (χ1v) is 8.21. The Kier molecular flexibility index (Phi) is 5.20. The summed E-state index contributed by atoms with van der Waals surface area (Å²) >= 11 is 0. The van der Waals surface area contributed by atoms with Crippen LogP contribution in [-0.2, 0) is 0 Å². The van der Waals surface area contributed by atoms with Gasteiger partial charge >= 0.3 is 0 Å². The number of nitro groups is 2. The van der Waals surface area contributed by atoms with Crippen LogP contribution in [0.25, 0.3) is 0 Å². The molecule has 0 bridgehead atoms. The molecule has 2 heterocycles. The second kappa shape index (κ2) is 7.72. The van der Waals surface area contributed by atoms with Crippen molar-refractivity contribution >= 4 is 23.2 Å². The van der Waals surface area contributed by atoms with Crippen molar-refractivity contribution < 1.29 is 14.6 Å². The molecule has 11 nitrogen and oxygen atoms in total. The zero-order chi connectivity index (χ0) is 19.4. The van der Waals surface area contributed by atoms with Crippen LogP contribution >= 0.6 is 0 Å². The maximum absolute atomic E-state index is 12.5. The van der Waals surface area contributed by atoms with E-state index in [1.54, 1.807) is 18.5 Å². The molecule has 140 valence electrons. The molecule has 27 heavy (non-hydrogen) atoms. The number of amides is 1. The van der Waals surface area contributed by atoms with Crippen LogP contribution in [0, 0.1) is 20.2 Å². The molecule has 0 spiro atoms. The Morgan fingerprint density at radius 1 is 1.11 bits per heavy atom. The summed E-state index contributed by atoms with van der Waals surface area (Å²) in [4.78, 5) is 43.2. The number of nitrogens with one attached hydrogen (secondary N) is 1. The number of rotatable bonds is 5. The summed E-state index contributed by atoms with van der Waals surface area (Å²) in [7, 11) is 0. The molecule has 1 aliphatic rings. The number of carbonyl (C=O) groups excluding carboxylic acids is 1. The lowest BCUT2D eigenvalue weighted by molar-refractivity contribution is -0.394. The number of nitro benzene ring substituents is 2. The number of nitrogens with zero attached hydrogens (tertiary/aromatic N) is 5. The summed E-state index contributed by atoms with van der Waals surface area (Å²) in [6, 6.07) is 4.37. The molecular formula is C16H16N6O5. The van der Waals surface area contributed by atoms with Gasteiger partial charge in [-0.05, 0) is 18.9 Å². The van der Waals surface area contributed by atoms with E-state index in [0.717, 1.165) is 31.2 Å². The van der Waals surface area contributed by atoms with Crippen molar-refractivity contribution in [2.75, 3.05) is 18.0 Å². The maximum atomic E-state index is 12.5. The second-order valence-electron chi connectivity index (χ2n) is 6.06. The van der Waals surface area contributed by atoms with Gasteiger partial charge in [0.1, 0.15) is 0 Å². The van der Waals surface area contributed by atoms with Crippen molar-refractivity contribution in [3.05, 3.63) is 62.5 Å². The number of carbonyl (C=O) groups is 1. The molecule has 1 saturated heterocycles. The predicted octanol–water partition coefficient (Wildman–Crippen LogP) is 1.69. The molecule has 0 saturated carbocycles. The molecule has 1 N–H and O–H groups in total. The average molecular weight is 372 g/mol. The van der Waals surface area contributed by atoms with Gasteiger partial charge in [0, 0.05) is 43.7 Å². The van der Waals surface area contributed by atoms with Gasteiger partial charge in [-0.25, -0.2) is 9.97 Å². The molecule has 1 atom stereocenters. The van der Waals surface area contributed by atoms with Crippen molar-refractivity contribution in [1.82, 2.24) is 15.3 Å². The minimum absolute atomic E-state index is 0.121. The summed E-state index contributed by atoms with van der Waals surface area (Å²) in [6.07, 6.45) is 4.78. The van der Waals surface area contributed by atoms with Crippen LogP contribution in [0.1, 0.15) is 23.2 Å². The number of hydrogen-bond acceptors (Lipinski definition) is 8. The van der Waals surface area contributed by atoms with E-state index < -0.39 is 27.1 Å². The highest BCUT2D eigenvalue weighted by atomic mass is 16.6. The van der Waals surface area contributed by atoms with Crippen LogP contribution in [0.15, 0.2) is 36.7 Å². The number of non-ortho nitro benzene ring substituents is 2. The van der Waals surface area contributed by atoms with Gasteiger partial charge in [-0.15, -0.1) is 0 Å². The van der Waals surface area contributed by atoms with Gasteiger partial charge in [0.25, 0.3) is 17.3 Å². The lowest BCUT2D eigenvalue weighted by atomic mass is 10.0. The SMILES string of the molecule is O=C(NC1CCCN(c2ncccn2)C1)c1cc([N+](=O)[O-])cc([N+](=O)[O-])c1. The first-order valence-electron chi connectivity index (χ1n) is 8.21. The Morgan fingerprint density at radius 3 is 2.33 bits per heavy atom. The normalized spacial score (nSPS) is 16.6. The minimum atomic E-state index is -0.765. The minimum Gasteiger partial charge on any atom is -0.348 e. The second-order valence-corrected chi connectivity index (χ2v) is 6.06. The molecular weight excluding hydrogens is 356 g/mol. The smallest absolute Gasteiger partial charge is 0.277 e. The topological polar surface area (TPSA) is 144 Å². The van der Waals surface area contributed by atoms with Crippen molar-refractivity contribution in [2.45, 2.75) is 18.9 Å². The molecule has 0 radical (unpaired) electrons. The molecule has 3 rings (SSSR count). The summed E-state index contributed by atoms with van der Waals surface area (Å²) in [5, 5.41) is 24.7. The van der Waals surface area contributed by atoms with Gasteiger partial charge < -0.3 is 10.2 Å². The number of piperidine rings is 1. The fraction of sp³-hybridized carbons (Fsp3) is 0.312. The van der Waals surface area contributed by atoms with Crippen molar-refractivity contribution in [3.63, 3.8) is 0 Å². The zero-order valence-electron chi connectivity index (χ0n) is 14.1. The Labute approximate surface area is 153 Å². The van der Waals surface area contributed by atoms with E-state index in [4.69, 9.17) is 0 Å². The highest BCUT2D eigenvalue weighted by Crippen LogP contribution is 2.23. The number of hydrogen-bond donors (Lipinski definition) is 1. The molecule has 1 unspecified atom stereocenters. The van der Waals surface area contributed by atoms with Crippen LogP contribution in [0.3, 0.4) is 0 Å². The quantitative estimate of drug-likeness (QED) is 0.616. The summed E-state index contributed by atoms with van der Waals surface area (Å²) in [5.74, 6) is -0.0370. The molecule has 1 aromatic heterocycles. The van der Waals surface area contributed by atoms with Gasteiger partial charge in [-0.3, -0.25) is 25.0 Å². The van der Waals surface area contributed by atoms with Gasteiger partial charge in [-0.2, -0.15) is 0 Å². The van der Waals surface area contributed by atoms with Crippen molar-refractivity contribution in [3.8, 4) is 0 Å². The molecule has 1 aromatic carbocycles. The molecule has 1 fully saturated rings. The number of anilines is 1. The van der Waals surface area contributed by atoms with Crippen LogP contribution in [0.2, 0.25) is 0 Å². The summed E-state index contributed by atoms with van der Waals surface area (Å²) in [5.41, 5.74) is -1.13. The van der Waals surface area contributed by atoms with E-state index in [2.05, 4.69) is 15.3 Å². The standard InChI is InChI=1S/C16H16N6O5/c23-15(11-7-13(21(24)25)9-14(8-11)22(26)27)19-12-3-1-6-20(10-12)16-17-4-2-5-18-16/h2,4-5,7-9,12H,1,3,6,10H2,(H,19,23). The number of benzene rings is 1.